The van der Waals surface area contributed by atoms with Gasteiger partial charge in [0.15, 0.2) is 0 Å². The zero-order valence-electron chi connectivity index (χ0n) is 12.5. The highest BCUT2D eigenvalue weighted by atomic mass is 16.5. The van der Waals surface area contributed by atoms with E-state index in [4.69, 9.17) is 4.74 Å². The van der Waals surface area contributed by atoms with E-state index in [1.54, 1.807) is 7.11 Å². The Morgan fingerprint density at radius 1 is 1.44 bits per heavy atom. The van der Waals surface area contributed by atoms with Gasteiger partial charge in [0.25, 0.3) is 0 Å². The Morgan fingerprint density at radius 3 is 2.44 bits per heavy atom. The quantitative estimate of drug-likeness (QED) is 0.655. The van der Waals surface area contributed by atoms with Gasteiger partial charge in [-0.25, -0.2) is 0 Å². The lowest BCUT2D eigenvalue weighted by atomic mass is 9.84. The van der Waals surface area contributed by atoms with Crippen molar-refractivity contribution in [2.75, 3.05) is 26.8 Å². The average Bonchev–Trinajstić information content (AvgIpc) is 2.33. The second-order valence-corrected chi connectivity index (χ2v) is 5.34. The van der Waals surface area contributed by atoms with Crippen LogP contribution in [-0.2, 0) is 9.53 Å². The van der Waals surface area contributed by atoms with E-state index in [9.17, 15) is 9.90 Å². The molecule has 0 fully saturated rings. The molecular formula is C14H29NO3. The van der Waals surface area contributed by atoms with E-state index in [1.807, 2.05) is 13.8 Å². The molecule has 0 saturated carbocycles. The molecule has 1 N–H and O–H groups in total. The van der Waals surface area contributed by atoms with Crippen molar-refractivity contribution >= 4 is 5.97 Å². The minimum atomic E-state index is -0.699. The summed E-state index contributed by atoms with van der Waals surface area (Å²) in [4.78, 5) is 13.7. The van der Waals surface area contributed by atoms with Gasteiger partial charge in [0, 0.05) is 26.2 Å². The Bertz CT molecular complexity index is 245. The van der Waals surface area contributed by atoms with Gasteiger partial charge in [-0.15, -0.1) is 0 Å². The van der Waals surface area contributed by atoms with Crippen molar-refractivity contribution in [2.45, 2.75) is 53.0 Å². The van der Waals surface area contributed by atoms with E-state index in [0.29, 0.717) is 25.6 Å². The standard InChI is InChI=1S/C14H29NO3/c1-6-8-14(4,13(16)17)11-15(9-10-18-5)12(3)7-2/h12H,6-11H2,1-5H3,(H,16,17). The number of carbonyl (C=O) groups is 1. The van der Waals surface area contributed by atoms with E-state index in [1.165, 1.54) is 0 Å². The Hall–Kier alpha value is -0.610. The lowest BCUT2D eigenvalue weighted by Gasteiger charge is -2.35. The minimum Gasteiger partial charge on any atom is -0.481 e. The topological polar surface area (TPSA) is 49.8 Å². The van der Waals surface area contributed by atoms with Crippen LogP contribution in [0.15, 0.2) is 0 Å². The molecule has 0 aromatic carbocycles. The fraction of sp³-hybridized carbons (Fsp3) is 0.929. The van der Waals surface area contributed by atoms with Crippen LogP contribution in [0, 0.1) is 5.41 Å². The SMILES string of the molecule is CCCC(C)(CN(CCOC)C(C)CC)C(=O)O. The van der Waals surface area contributed by atoms with E-state index < -0.39 is 11.4 Å². The third-order valence-electron chi connectivity index (χ3n) is 3.67. The van der Waals surface area contributed by atoms with Crippen LogP contribution in [-0.4, -0.2) is 48.8 Å². The molecule has 4 heteroatoms. The molecule has 0 aliphatic carbocycles. The third-order valence-corrected chi connectivity index (χ3v) is 3.67. The first-order valence-electron chi connectivity index (χ1n) is 6.87. The van der Waals surface area contributed by atoms with Gasteiger partial charge in [-0.2, -0.15) is 0 Å². The average molecular weight is 259 g/mol. The van der Waals surface area contributed by atoms with Crippen LogP contribution in [0.3, 0.4) is 0 Å². The monoisotopic (exact) mass is 259 g/mol. The van der Waals surface area contributed by atoms with Crippen molar-refractivity contribution in [1.29, 1.82) is 0 Å². The summed E-state index contributed by atoms with van der Waals surface area (Å²) in [7, 11) is 1.68. The minimum absolute atomic E-state index is 0.385. The second kappa shape index (κ2) is 8.48. The number of carboxylic acids is 1. The summed E-state index contributed by atoms with van der Waals surface area (Å²) in [6, 6.07) is 0.385. The Balaban J connectivity index is 4.73. The number of carboxylic acid groups (broad SMARTS) is 1. The molecule has 4 nitrogen and oxygen atoms in total. The molecule has 0 saturated heterocycles. The smallest absolute Gasteiger partial charge is 0.310 e. The highest BCUT2D eigenvalue weighted by molar-refractivity contribution is 5.74. The summed E-state index contributed by atoms with van der Waals surface area (Å²) in [5.41, 5.74) is -0.661. The fourth-order valence-electron chi connectivity index (χ4n) is 2.18. The first-order valence-corrected chi connectivity index (χ1v) is 6.87. The molecule has 0 heterocycles. The number of aliphatic carboxylic acids is 1. The summed E-state index contributed by atoms with van der Waals surface area (Å²) in [5, 5.41) is 9.43. The van der Waals surface area contributed by atoms with Crippen molar-refractivity contribution in [3.8, 4) is 0 Å². The van der Waals surface area contributed by atoms with Crippen LogP contribution in [0.4, 0.5) is 0 Å². The molecule has 0 aromatic rings. The van der Waals surface area contributed by atoms with Crippen LogP contribution in [0.5, 0.6) is 0 Å². The second-order valence-electron chi connectivity index (χ2n) is 5.34. The van der Waals surface area contributed by atoms with Gasteiger partial charge in [0.05, 0.1) is 12.0 Å². The van der Waals surface area contributed by atoms with Gasteiger partial charge < -0.3 is 9.84 Å². The Labute approximate surface area is 111 Å². The predicted octanol–water partition coefficient (Wildman–Crippen LogP) is 2.62. The van der Waals surface area contributed by atoms with Crippen LogP contribution in [0.25, 0.3) is 0 Å². The zero-order valence-corrected chi connectivity index (χ0v) is 12.5. The van der Waals surface area contributed by atoms with Crippen molar-refractivity contribution < 1.29 is 14.6 Å². The van der Waals surface area contributed by atoms with Crippen LogP contribution < -0.4 is 0 Å². The van der Waals surface area contributed by atoms with Gasteiger partial charge >= 0.3 is 5.97 Å². The number of rotatable bonds is 10. The Kier molecular flexibility index (Phi) is 8.20. The molecule has 0 radical (unpaired) electrons. The lowest BCUT2D eigenvalue weighted by molar-refractivity contribution is -0.150. The molecule has 0 aromatic heterocycles. The van der Waals surface area contributed by atoms with Gasteiger partial charge in [-0.05, 0) is 26.7 Å². The molecular weight excluding hydrogens is 230 g/mol. The number of nitrogens with zero attached hydrogens (tertiary/aromatic N) is 1. The number of hydrogen-bond acceptors (Lipinski definition) is 3. The van der Waals surface area contributed by atoms with Crippen molar-refractivity contribution in [3.63, 3.8) is 0 Å². The molecule has 2 atom stereocenters. The maximum absolute atomic E-state index is 11.5. The van der Waals surface area contributed by atoms with Gasteiger partial charge in [0.1, 0.15) is 0 Å². The first kappa shape index (κ1) is 17.4. The van der Waals surface area contributed by atoms with E-state index in [2.05, 4.69) is 18.7 Å². The maximum atomic E-state index is 11.5. The van der Waals surface area contributed by atoms with E-state index in [-0.39, 0.29) is 0 Å². The largest absolute Gasteiger partial charge is 0.481 e. The molecule has 0 rings (SSSR count). The molecule has 108 valence electrons. The highest BCUT2D eigenvalue weighted by Crippen LogP contribution is 2.26. The van der Waals surface area contributed by atoms with Crippen molar-refractivity contribution in [3.05, 3.63) is 0 Å². The number of methoxy groups -OCH3 is 1. The molecule has 18 heavy (non-hydrogen) atoms. The Morgan fingerprint density at radius 2 is 2.06 bits per heavy atom. The molecule has 0 bridgehead atoms. The van der Waals surface area contributed by atoms with Gasteiger partial charge in [-0.3, -0.25) is 9.69 Å². The van der Waals surface area contributed by atoms with Crippen LogP contribution in [0.1, 0.15) is 47.0 Å². The third kappa shape index (κ3) is 5.36. The summed E-state index contributed by atoms with van der Waals surface area (Å²) in [6.07, 6.45) is 2.62. The van der Waals surface area contributed by atoms with Crippen LogP contribution in [0.2, 0.25) is 0 Å². The zero-order chi connectivity index (χ0) is 14.2. The lowest BCUT2D eigenvalue weighted by Crippen LogP contribution is -2.46. The van der Waals surface area contributed by atoms with Crippen molar-refractivity contribution in [2.24, 2.45) is 5.41 Å². The van der Waals surface area contributed by atoms with E-state index >= 15 is 0 Å². The number of ether oxygens (including phenoxy) is 1. The fourth-order valence-corrected chi connectivity index (χ4v) is 2.18. The molecule has 0 aliphatic rings. The molecule has 0 aliphatic heterocycles. The summed E-state index contributed by atoms with van der Waals surface area (Å²) in [6.45, 7) is 10.2. The van der Waals surface area contributed by atoms with Crippen molar-refractivity contribution in [1.82, 2.24) is 4.90 Å². The molecule has 0 amide bonds. The summed E-state index contributed by atoms with van der Waals surface area (Å²) >= 11 is 0. The van der Waals surface area contributed by atoms with Gasteiger partial charge in [-0.1, -0.05) is 20.3 Å². The van der Waals surface area contributed by atoms with Gasteiger partial charge in [0.2, 0.25) is 0 Å². The summed E-state index contributed by atoms with van der Waals surface area (Å²) in [5.74, 6) is -0.699. The molecule has 2 unspecified atom stereocenters. The van der Waals surface area contributed by atoms with Crippen LogP contribution >= 0.6 is 0 Å². The molecule has 0 spiro atoms. The van der Waals surface area contributed by atoms with E-state index in [0.717, 1.165) is 19.4 Å². The maximum Gasteiger partial charge on any atom is 0.310 e. The normalized spacial score (nSPS) is 16.6. The predicted molar refractivity (Wildman–Crippen MR) is 73.9 cm³/mol. The first-order chi connectivity index (χ1) is 8.41. The number of hydrogen-bond donors (Lipinski definition) is 1. The highest BCUT2D eigenvalue weighted by Gasteiger charge is 2.35. The summed E-state index contributed by atoms with van der Waals surface area (Å²) < 4.78 is 5.11.